The minimum atomic E-state index is -2.95. The third-order valence-corrected chi connectivity index (χ3v) is 4.23. The number of benzene rings is 2. The molecule has 1 aliphatic carbocycles. The van der Waals surface area contributed by atoms with E-state index in [1.54, 1.807) is 19.1 Å². The van der Waals surface area contributed by atoms with Crippen LogP contribution in [0.25, 0.3) is 0 Å². The Morgan fingerprint density at radius 2 is 1.84 bits per heavy atom. The molecular formula is C19H20F2N2O2. The van der Waals surface area contributed by atoms with Gasteiger partial charge in [0.2, 0.25) is 0 Å². The van der Waals surface area contributed by atoms with E-state index in [1.165, 1.54) is 6.07 Å². The number of para-hydroxylation sites is 1. The van der Waals surface area contributed by atoms with Crippen LogP contribution in [-0.2, 0) is 0 Å². The molecule has 2 aromatic rings. The van der Waals surface area contributed by atoms with Gasteiger partial charge in [-0.05, 0) is 42.9 Å². The van der Waals surface area contributed by atoms with Gasteiger partial charge in [-0.2, -0.15) is 8.78 Å². The number of urea groups is 1. The number of hydrogen-bond acceptors (Lipinski definition) is 2. The monoisotopic (exact) mass is 346 g/mol. The van der Waals surface area contributed by atoms with Gasteiger partial charge in [-0.3, -0.25) is 0 Å². The average Bonchev–Trinajstić information content (AvgIpc) is 3.41. The van der Waals surface area contributed by atoms with Gasteiger partial charge >= 0.3 is 12.6 Å². The molecule has 1 fully saturated rings. The van der Waals surface area contributed by atoms with E-state index < -0.39 is 12.6 Å². The van der Waals surface area contributed by atoms with Crippen molar-refractivity contribution in [3.8, 4) is 5.75 Å². The Hall–Kier alpha value is -2.63. The van der Waals surface area contributed by atoms with Crippen LogP contribution >= 0.6 is 0 Å². The smallest absolute Gasteiger partial charge is 0.387 e. The summed E-state index contributed by atoms with van der Waals surface area (Å²) in [6, 6.07) is 13.9. The van der Waals surface area contributed by atoms with Crippen LogP contribution in [0.2, 0.25) is 0 Å². The lowest BCUT2D eigenvalue weighted by Crippen LogP contribution is -2.34. The first-order valence-electron chi connectivity index (χ1n) is 8.21. The van der Waals surface area contributed by atoms with Crippen molar-refractivity contribution in [1.82, 2.24) is 5.32 Å². The van der Waals surface area contributed by atoms with Gasteiger partial charge in [0, 0.05) is 0 Å². The normalized spacial score (nSPS) is 14.9. The van der Waals surface area contributed by atoms with E-state index in [2.05, 4.69) is 15.4 Å². The van der Waals surface area contributed by atoms with Crippen molar-refractivity contribution < 1.29 is 18.3 Å². The van der Waals surface area contributed by atoms with Crippen LogP contribution in [0.15, 0.2) is 48.5 Å². The van der Waals surface area contributed by atoms with Crippen LogP contribution in [0.5, 0.6) is 5.75 Å². The predicted molar refractivity (Wildman–Crippen MR) is 91.9 cm³/mol. The number of rotatable bonds is 6. The molecular weight excluding hydrogens is 326 g/mol. The van der Waals surface area contributed by atoms with Crippen LogP contribution in [-0.4, -0.2) is 12.6 Å². The van der Waals surface area contributed by atoms with E-state index in [0.29, 0.717) is 11.5 Å². The number of ether oxygens (including phenoxy) is 1. The highest BCUT2D eigenvalue weighted by molar-refractivity contribution is 5.92. The van der Waals surface area contributed by atoms with Crippen molar-refractivity contribution in [2.24, 2.45) is 5.92 Å². The summed E-state index contributed by atoms with van der Waals surface area (Å²) in [5.41, 5.74) is 1.94. The summed E-state index contributed by atoms with van der Waals surface area (Å²) in [4.78, 5) is 12.5. The van der Waals surface area contributed by atoms with Crippen molar-refractivity contribution in [1.29, 1.82) is 0 Å². The number of anilines is 1. The second kappa shape index (κ2) is 7.51. The van der Waals surface area contributed by atoms with Crippen LogP contribution in [0.1, 0.15) is 30.0 Å². The highest BCUT2D eigenvalue weighted by atomic mass is 19.3. The SMILES string of the molecule is Cc1cccc(OC(F)F)c1NC(=O)NC(c1ccccc1)C1CC1. The Labute approximate surface area is 145 Å². The van der Waals surface area contributed by atoms with Gasteiger partial charge in [-0.25, -0.2) is 4.79 Å². The standard InChI is InChI=1S/C19H20F2N2O2/c1-12-6-5-9-15(25-18(20)21)16(12)22-19(24)23-17(14-10-11-14)13-7-3-2-4-8-13/h2-9,14,17-18H,10-11H2,1H3,(H2,22,23,24). The fourth-order valence-corrected chi connectivity index (χ4v) is 2.85. The second-order valence-corrected chi connectivity index (χ2v) is 6.15. The number of carbonyl (C=O) groups excluding carboxylic acids is 1. The van der Waals surface area contributed by atoms with Crippen molar-refractivity contribution in [2.45, 2.75) is 32.4 Å². The van der Waals surface area contributed by atoms with Crippen LogP contribution in [0.4, 0.5) is 19.3 Å². The molecule has 1 aliphatic rings. The molecule has 0 saturated heterocycles. The molecule has 1 unspecified atom stereocenters. The van der Waals surface area contributed by atoms with E-state index in [-0.39, 0.29) is 17.5 Å². The van der Waals surface area contributed by atoms with E-state index in [9.17, 15) is 13.6 Å². The van der Waals surface area contributed by atoms with Crippen molar-refractivity contribution in [3.63, 3.8) is 0 Å². The Balaban J connectivity index is 1.74. The molecule has 0 heterocycles. The third-order valence-electron chi connectivity index (χ3n) is 4.23. The summed E-state index contributed by atoms with van der Waals surface area (Å²) in [6.07, 6.45) is 2.12. The number of amides is 2. The molecule has 1 atom stereocenters. The number of hydrogen-bond donors (Lipinski definition) is 2. The van der Waals surface area contributed by atoms with Crippen LogP contribution in [0, 0.1) is 12.8 Å². The average molecular weight is 346 g/mol. The largest absolute Gasteiger partial charge is 0.433 e. The molecule has 3 rings (SSSR count). The van der Waals surface area contributed by atoms with Crippen molar-refractivity contribution in [3.05, 3.63) is 59.7 Å². The molecule has 6 heteroatoms. The Morgan fingerprint density at radius 1 is 1.12 bits per heavy atom. The summed E-state index contributed by atoms with van der Waals surface area (Å²) >= 11 is 0. The zero-order valence-corrected chi connectivity index (χ0v) is 13.8. The highest BCUT2D eigenvalue weighted by Gasteiger charge is 2.33. The molecule has 0 radical (unpaired) electrons. The van der Waals surface area contributed by atoms with E-state index in [0.717, 1.165) is 18.4 Å². The lowest BCUT2D eigenvalue weighted by atomic mass is 10.0. The summed E-state index contributed by atoms with van der Waals surface area (Å²) in [5.74, 6) is 0.356. The highest BCUT2D eigenvalue weighted by Crippen LogP contribution is 2.41. The number of carbonyl (C=O) groups is 1. The Kier molecular flexibility index (Phi) is 5.16. The maximum absolute atomic E-state index is 12.6. The summed E-state index contributed by atoms with van der Waals surface area (Å²) in [6.45, 7) is -1.22. The van der Waals surface area contributed by atoms with Gasteiger partial charge in [0.25, 0.3) is 0 Å². The van der Waals surface area contributed by atoms with Crippen molar-refractivity contribution in [2.75, 3.05) is 5.32 Å². The maximum Gasteiger partial charge on any atom is 0.387 e. The zero-order chi connectivity index (χ0) is 17.8. The zero-order valence-electron chi connectivity index (χ0n) is 13.8. The first-order valence-corrected chi connectivity index (χ1v) is 8.21. The van der Waals surface area contributed by atoms with E-state index in [4.69, 9.17) is 0 Å². The molecule has 0 aromatic heterocycles. The van der Waals surface area contributed by atoms with Gasteiger partial charge in [-0.1, -0.05) is 42.5 Å². The minimum Gasteiger partial charge on any atom is -0.433 e. The molecule has 132 valence electrons. The molecule has 1 saturated carbocycles. The Morgan fingerprint density at radius 3 is 2.48 bits per heavy atom. The van der Waals surface area contributed by atoms with E-state index >= 15 is 0 Å². The molecule has 2 N–H and O–H groups in total. The van der Waals surface area contributed by atoms with Gasteiger partial charge in [0.15, 0.2) is 0 Å². The quantitative estimate of drug-likeness (QED) is 0.784. The van der Waals surface area contributed by atoms with Crippen LogP contribution < -0.4 is 15.4 Å². The molecule has 0 aliphatic heterocycles. The molecule has 2 amide bonds. The lowest BCUT2D eigenvalue weighted by Gasteiger charge is -2.20. The second-order valence-electron chi connectivity index (χ2n) is 6.15. The summed E-state index contributed by atoms with van der Waals surface area (Å²) in [5, 5.41) is 5.62. The van der Waals surface area contributed by atoms with Gasteiger partial charge in [0.1, 0.15) is 5.75 Å². The predicted octanol–water partition coefficient (Wildman–Crippen LogP) is 4.87. The van der Waals surface area contributed by atoms with Crippen molar-refractivity contribution >= 4 is 11.7 Å². The molecule has 4 nitrogen and oxygen atoms in total. The fourth-order valence-electron chi connectivity index (χ4n) is 2.85. The molecule has 0 bridgehead atoms. The molecule has 25 heavy (non-hydrogen) atoms. The van der Waals surface area contributed by atoms with Gasteiger partial charge in [0.05, 0.1) is 11.7 Å². The first kappa shape index (κ1) is 17.2. The van der Waals surface area contributed by atoms with Gasteiger partial charge in [-0.15, -0.1) is 0 Å². The van der Waals surface area contributed by atoms with Crippen LogP contribution in [0.3, 0.4) is 0 Å². The number of nitrogens with one attached hydrogen (secondary N) is 2. The number of alkyl halides is 2. The van der Waals surface area contributed by atoms with Gasteiger partial charge < -0.3 is 15.4 Å². The maximum atomic E-state index is 12.6. The first-order chi connectivity index (χ1) is 12.0. The molecule has 2 aromatic carbocycles. The Bertz CT molecular complexity index is 733. The molecule has 0 spiro atoms. The summed E-state index contributed by atoms with van der Waals surface area (Å²) in [7, 11) is 0. The number of halogens is 2. The fraction of sp³-hybridized carbons (Fsp3) is 0.316. The number of aryl methyl sites for hydroxylation is 1. The third kappa shape index (κ3) is 4.47. The lowest BCUT2D eigenvalue weighted by molar-refractivity contribution is -0.0493. The van der Waals surface area contributed by atoms with E-state index in [1.807, 2.05) is 30.3 Å². The summed E-state index contributed by atoms with van der Waals surface area (Å²) < 4.78 is 29.6. The minimum absolute atomic E-state index is 0.0483. The topological polar surface area (TPSA) is 50.4 Å².